The summed E-state index contributed by atoms with van der Waals surface area (Å²) in [7, 11) is 0. The monoisotopic (exact) mass is 361 g/mol. The summed E-state index contributed by atoms with van der Waals surface area (Å²) in [6.45, 7) is 4.32. The minimum Gasteiger partial charge on any atom is -0.344 e. The van der Waals surface area contributed by atoms with Gasteiger partial charge in [-0.05, 0) is 49.9 Å². The second-order valence-corrected chi connectivity index (χ2v) is 7.45. The number of nitrogens with zero attached hydrogens (tertiary/aromatic N) is 2. The third kappa shape index (κ3) is 3.18. The van der Waals surface area contributed by atoms with E-state index in [4.69, 9.17) is 0 Å². The summed E-state index contributed by atoms with van der Waals surface area (Å²) in [4.78, 5) is 17.5. The van der Waals surface area contributed by atoms with E-state index in [2.05, 4.69) is 47.1 Å². The molecular weight excluding hydrogens is 342 g/mol. The molecule has 5 heteroatoms. The van der Waals surface area contributed by atoms with Crippen LogP contribution in [0.25, 0.3) is 17.0 Å². The van der Waals surface area contributed by atoms with Crippen LogP contribution in [0.15, 0.2) is 70.7 Å². The fraction of sp³-hybridized carbons (Fsp3) is 0.143. The van der Waals surface area contributed by atoms with Gasteiger partial charge in [-0.15, -0.1) is 0 Å². The largest absolute Gasteiger partial charge is 0.344 e. The second-order valence-electron chi connectivity index (χ2n) is 6.42. The Hall–Kier alpha value is -2.79. The van der Waals surface area contributed by atoms with Crippen LogP contribution in [0.1, 0.15) is 25.5 Å². The lowest BCUT2D eigenvalue weighted by Crippen LogP contribution is -2.19. The first-order valence-corrected chi connectivity index (χ1v) is 9.37. The van der Waals surface area contributed by atoms with Crippen LogP contribution in [0, 0.1) is 0 Å². The minimum absolute atomic E-state index is 0.106. The highest BCUT2D eigenvalue weighted by molar-refractivity contribution is 8.18. The molecule has 0 atom stereocenters. The maximum Gasteiger partial charge on any atom is 0.264 e. The molecule has 0 aliphatic carbocycles. The molecule has 4 nitrogen and oxygen atoms in total. The Morgan fingerprint density at radius 3 is 2.58 bits per heavy atom. The van der Waals surface area contributed by atoms with Gasteiger partial charge in [0.2, 0.25) is 0 Å². The Morgan fingerprint density at radius 1 is 1.08 bits per heavy atom. The van der Waals surface area contributed by atoms with Gasteiger partial charge in [-0.25, -0.2) is 4.99 Å². The Morgan fingerprint density at radius 2 is 1.81 bits per heavy atom. The van der Waals surface area contributed by atoms with Crippen molar-refractivity contribution in [3.05, 3.63) is 71.3 Å². The molecule has 1 aliphatic heterocycles. The number of aliphatic imine (C=N–C) groups is 1. The number of aromatic nitrogens is 1. The van der Waals surface area contributed by atoms with Gasteiger partial charge < -0.3 is 9.88 Å². The van der Waals surface area contributed by atoms with Gasteiger partial charge in [0, 0.05) is 28.7 Å². The molecule has 0 bridgehead atoms. The van der Waals surface area contributed by atoms with E-state index in [1.54, 1.807) is 0 Å². The number of amides is 1. The van der Waals surface area contributed by atoms with Crippen molar-refractivity contribution in [2.45, 2.75) is 19.9 Å². The van der Waals surface area contributed by atoms with E-state index in [-0.39, 0.29) is 5.91 Å². The van der Waals surface area contributed by atoms with Gasteiger partial charge in [0.1, 0.15) is 0 Å². The summed E-state index contributed by atoms with van der Waals surface area (Å²) < 4.78 is 2.23. The van der Waals surface area contributed by atoms with E-state index in [1.165, 1.54) is 17.3 Å². The number of carbonyl (C=O) groups is 1. The summed E-state index contributed by atoms with van der Waals surface area (Å²) in [5.41, 5.74) is 3.05. The lowest BCUT2D eigenvalue weighted by atomic mass is 10.1. The van der Waals surface area contributed by atoms with Crippen LogP contribution in [0.2, 0.25) is 0 Å². The number of carbonyl (C=O) groups excluding carboxylic acids is 1. The molecule has 3 aromatic rings. The van der Waals surface area contributed by atoms with Gasteiger partial charge in [-0.2, -0.15) is 0 Å². The highest BCUT2D eigenvalue weighted by atomic mass is 32.2. The van der Waals surface area contributed by atoms with Crippen LogP contribution in [0.3, 0.4) is 0 Å². The highest BCUT2D eigenvalue weighted by Gasteiger charge is 2.24. The normalized spacial score (nSPS) is 17.6. The number of nitrogens with one attached hydrogen (secondary N) is 1. The van der Waals surface area contributed by atoms with E-state index >= 15 is 0 Å². The van der Waals surface area contributed by atoms with Crippen molar-refractivity contribution in [3.63, 3.8) is 0 Å². The van der Waals surface area contributed by atoms with Crippen LogP contribution in [-0.2, 0) is 4.79 Å². The van der Waals surface area contributed by atoms with Crippen molar-refractivity contribution < 1.29 is 4.79 Å². The minimum atomic E-state index is -0.106. The Bertz CT molecular complexity index is 1030. The summed E-state index contributed by atoms with van der Waals surface area (Å²) in [6, 6.07) is 18.3. The van der Waals surface area contributed by atoms with Crippen LogP contribution in [-0.4, -0.2) is 15.6 Å². The van der Waals surface area contributed by atoms with Crippen molar-refractivity contribution in [3.8, 4) is 0 Å². The Balaban J connectivity index is 1.70. The van der Waals surface area contributed by atoms with Crippen LogP contribution in [0.4, 0.5) is 5.69 Å². The molecule has 1 fully saturated rings. The lowest BCUT2D eigenvalue weighted by molar-refractivity contribution is -0.115. The number of amidine groups is 1. The molecule has 1 amide bonds. The standard InChI is InChI=1S/C21H19N3OS/c1-14(2)24-13-15(17-10-6-7-11-18(17)24)12-19-20(25)23-21(26-19)22-16-8-4-3-5-9-16/h3-14H,1-2H3,(H,22,23,25). The molecule has 4 rings (SSSR count). The summed E-state index contributed by atoms with van der Waals surface area (Å²) >= 11 is 1.38. The predicted molar refractivity (Wildman–Crippen MR) is 110 cm³/mol. The molecular formula is C21H19N3OS. The number of hydrogen-bond donors (Lipinski definition) is 1. The predicted octanol–water partition coefficient (Wildman–Crippen LogP) is 5.11. The third-order valence-electron chi connectivity index (χ3n) is 4.25. The zero-order valence-corrected chi connectivity index (χ0v) is 15.5. The molecule has 0 unspecified atom stereocenters. The summed E-state index contributed by atoms with van der Waals surface area (Å²) in [5, 5.41) is 4.61. The summed E-state index contributed by atoms with van der Waals surface area (Å²) in [6.07, 6.45) is 4.07. The van der Waals surface area contributed by atoms with Gasteiger partial charge in [0.25, 0.3) is 5.91 Å². The number of rotatable bonds is 3. The topological polar surface area (TPSA) is 46.4 Å². The number of para-hydroxylation sites is 2. The van der Waals surface area contributed by atoms with E-state index in [0.717, 1.165) is 16.6 Å². The van der Waals surface area contributed by atoms with Crippen LogP contribution in [0.5, 0.6) is 0 Å². The van der Waals surface area contributed by atoms with Crippen molar-refractivity contribution in [2.75, 3.05) is 0 Å². The van der Waals surface area contributed by atoms with Crippen molar-refractivity contribution in [1.29, 1.82) is 0 Å². The van der Waals surface area contributed by atoms with E-state index < -0.39 is 0 Å². The fourth-order valence-electron chi connectivity index (χ4n) is 3.02. The third-order valence-corrected chi connectivity index (χ3v) is 5.16. The molecule has 130 valence electrons. The quantitative estimate of drug-likeness (QED) is 0.659. The van der Waals surface area contributed by atoms with Gasteiger partial charge in [-0.1, -0.05) is 36.4 Å². The fourth-order valence-corrected chi connectivity index (χ4v) is 3.85. The van der Waals surface area contributed by atoms with Gasteiger partial charge in [-0.3, -0.25) is 4.79 Å². The molecule has 1 aromatic heterocycles. The van der Waals surface area contributed by atoms with Crippen LogP contribution >= 0.6 is 11.8 Å². The Kier molecular flexibility index (Phi) is 4.39. The maximum absolute atomic E-state index is 12.4. The SMILES string of the molecule is CC(C)n1cc(C=C2SC(=Nc3ccccc3)NC2=O)c2ccccc21. The molecule has 1 N–H and O–H groups in total. The average Bonchev–Trinajstić information content (AvgIpc) is 3.17. The van der Waals surface area contributed by atoms with E-state index in [9.17, 15) is 4.79 Å². The van der Waals surface area contributed by atoms with E-state index in [1.807, 2.05) is 48.5 Å². The molecule has 2 aromatic carbocycles. The van der Waals surface area contributed by atoms with Crippen molar-refractivity contribution in [2.24, 2.45) is 4.99 Å². The maximum atomic E-state index is 12.4. The zero-order valence-electron chi connectivity index (χ0n) is 14.6. The first-order chi connectivity index (χ1) is 12.6. The summed E-state index contributed by atoms with van der Waals surface area (Å²) in [5.74, 6) is -0.106. The van der Waals surface area contributed by atoms with Crippen molar-refractivity contribution >= 4 is 45.5 Å². The average molecular weight is 361 g/mol. The molecule has 1 aliphatic rings. The number of thioether (sulfide) groups is 1. The first-order valence-electron chi connectivity index (χ1n) is 8.56. The molecule has 0 spiro atoms. The molecule has 0 saturated carbocycles. The molecule has 0 radical (unpaired) electrons. The molecule has 26 heavy (non-hydrogen) atoms. The lowest BCUT2D eigenvalue weighted by Gasteiger charge is -2.08. The van der Waals surface area contributed by atoms with Gasteiger partial charge in [0.05, 0.1) is 10.6 Å². The van der Waals surface area contributed by atoms with E-state index in [0.29, 0.717) is 16.1 Å². The van der Waals surface area contributed by atoms with Gasteiger partial charge >= 0.3 is 0 Å². The van der Waals surface area contributed by atoms with Crippen molar-refractivity contribution in [1.82, 2.24) is 9.88 Å². The number of hydrogen-bond acceptors (Lipinski definition) is 3. The smallest absolute Gasteiger partial charge is 0.264 e. The first kappa shape index (κ1) is 16.7. The zero-order chi connectivity index (χ0) is 18.1. The number of benzene rings is 2. The Labute approximate surface area is 156 Å². The molecule has 1 saturated heterocycles. The van der Waals surface area contributed by atoms with Crippen LogP contribution < -0.4 is 5.32 Å². The number of fused-ring (bicyclic) bond motifs is 1. The second kappa shape index (κ2) is 6.84. The molecule has 2 heterocycles. The van der Waals surface area contributed by atoms with Gasteiger partial charge in [0.15, 0.2) is 5.17 Å². The highest BCUT2D eigenvalue weighted by Crippen LogP contribution is 2.31.